The summed E-state index contributed by atoms with van der Waals surface area (Å²) in [6, 6.07) is 17.2. The van der Waals surface area contributed by atoms with Crippen molar-refractivity contribution in [2.75, 3.05) is 30.8 Å². The van der Waals surface area contributed by atoms with E-state index >= 15 is 0 Å². The van der Waals surface area contributed by atoms with Gasteiger partial charge in [-0.15, -0.1) is 0 Å². The van der Waals surface area contributed by atoms with E-state index < -0.39 is 58.0 Å². The average Bonchev–Trinajstić information content (AvgIpc) is 3.54. The van der Waals surface area contributed by atoms with Crippen molar-refractivity contribution >= 4 is 51.1 Å². The maximum absolute atomic E-state index is 13.4. The van der Waals surface area contributed by atoms with E-state index in [4.69, 9.17) is 5.73 Å². The Balaban J connectivity index is 1.32. The quantitative estimate of drug-likeness (QED) is 0.126. The molecule has 4 atom stereocenters. The highest BCUT2D eigenvalue weighted by atomic mass is 32.2. The fraction of sp³-hybridized carbons (Fsp3) is 0.395. The average molecular weight is 764 g/mol. The van der Waals surface area contributed by atoms with Crippen LogP contribution in [-0.4, -0.2) is 96.8 Å². The van der Waals surface area contributed by atoms with Gasteiger partial charge in [0, 0.05) is 37.6 Å². The summed E-state index contributed by atoms with van der Waals surface area (Å²) in [5.41, 5.74) is 8.83. The lowest BCUT2D eigenvalue weighted by Crippen LogP contribution is -2.52. The third kappa shape index (κ3) is 11.1. The second-order valence-corrected chi connectivity index (χ2v) is 15.7. The molecule has 16 heteroatoms. The number of aliphatic carboxylic acids is 1. The minimum atomic E-state index is -4.08. The van der Waals surface area contributed by atoms with Gasteiger partial charge in [-0.2, -0.15) is 4.31 Å². The first-order valence-electron chi connectivity index (χ1n) is 17.7. The van der Waals surface area contributed by atoms with E-state index in [1.807, 2.05) is 39.0 Å². The van der Waals surface area contributed by atoms with Crippen molar-refractivity contribution in [2.45, 2.75) is 75.5 Å². The van der Waals surface area contributed by atoms with Gasteiger partial charge in [-0.05, 0) is 73.6 Å². The van der Waals surface area contributed by atoms with Crippen molar-refractivity contribution in [3.05, 3.63) is 90.0 Å². The Bertz CT molecular complexity index is 1910. The molecule has 1 heterocycles. The number of sulfonamides is 1. The number of aryl methyl sites for hydroxylation is 1. The molecule has 15 nitrogen and oxygen atoms in total. The largest absolute Gasteiger partial charge is 0.480 e. The molecule has 0 bridgehead atoms. The molecule has 3 aromatic carbocycles. The van der Waals surface area contributed by atoms with E-state index in [0.717, 1.165) is 9.87 Å². The zero-order valence-electron chi connectivity index (χ0n) is 30.8. The minimum Gasteiger partial charge on any atom is -0.480 e. The monoisotopic (exact) mass is 763 g/mol. The van der Waals surface area contributed by atoms with Crippen molar-refractivity contribution in [1.29, 1.82) is 0 Å². The summed E-state index contributed by atoms with van der Waals surface area (Å²) in [4.78, 5) is 66.0. The first-order valence-corrected chi connectivity index (χ1v) is 19.1. The third-order valence-corrected chi connectivity index (χ3v) is 11.0. The highest BCUT2D eigenvalue weighted by molar-refractivity contribution is 7.89. The number of amides is 5. The standard InChI is InChI=1S/C38H49N7O8S/c1-24(2)20-32(44(4)34(46)21-26-14-16-28(17-15-26)41-38(51)43-30-13-9-8-10-25(30)3)35(47)40-19-18-31(37(49)50)42-36(48)33-22-27(39)23-45(33)54(52,53)29-11-6-5-7-12-29/h5-17,24,27,31-33H,18-23,39H2,1-4H3,(H,40,47)(H,42,48)(H,49,50)(H2,41,43,51)/t27-,31+,32+,33+/m1/s1. The van der Waals surface area contributed by atoms with Crippen molar-refractivity contribution in [2.24, 2.45) is 11.7 Å². The molecule has 0 aromatic heterocycles. The van der Waals surface area contributed by atoms with Crippen LogP contribution in [0.5, 0.6) is 0 Å². The van der Waals surface area contributed by atoms with Crippen LogP contribution < -0.4 is 27.0 Å². The first kappa shape index (κ1) is 41.4. The molecule has 0 aliphatic carbocycles. The molecule has 1 fully saturated rings. The lowest BCUT2D eigenvalue weighted by Gasteiger charge is -2.29. The van der Waals surface area contributed by atoms with Crippen molar-refractivity contribution < 1.29 is 37.5 Å². The first-order chi connectivity index (χ1) is 25.6. The molecule has 0 radical (unpaired) electrons. The van der Waals surface area contributed by atoms with Gasteiger partial charge in [0.05, 0.1) is 11.3 Å². The summed E-state index contributed by atoms with van der Waals surface area (Å²) >= 11 is 0. The van der Waals surface area contributed by atoms with Crippen LogP contribution in [0.15, 0.2) is 83.8 Å². The zero-order valence-corrected chi connectivity index (χ0v) is 31.6. The van der Waals surface area contributed by atoms with Gasteiger partial charge in [-0.3, -0.25) is 14.4 Å². The predicted molar refractivity (Wildman–Crippen MR) is 204 cm³/mol. The summed E-state index contributed by atoms with van der Waals surface area (Å²) in [5.74, 6) is -2.95. The van der Waals surface area contributed by atoms with E-state index in [1.54, 1.807) is 48.5 Å². The number of nitrogens with two attached hydrogens (primary N) is 1. The number of carboxylic acids is 1. The fourth-order valence-corrected chi connectivity index (χ4v) is 7.79. The Hall–Kier alpha value is -5.32. The summed E-state index contributed by atoms with van der Waals surface area (Å²) in [7, 11) is -2.55. The molecule has 4 rings (SSSR count). The molecule has 0 spiro atoms. The van der Waals surface area contributed by atoms with E-state index in [0.29, 0.717) is 23.4 Å². The van der Waals surface area contributed by atoms with Gasteiger partial charge in [-0.1, -0.05) is 62.4 Å². The number of rotatable bonds is 16. The molecule has 0 saturated carbocycles. The Morgan fingerprint density at radius 2 is 1.59 bits per heavy atom. The summed E-state index contributed by atoms with van der Waals surface area (Å²) in [6.07, 6.45) is 0.125. The molecule has 7 N–H and O–H groups in total. The maximum atomic E-state index is 13.4. The van der Waals surface area contributed by atoms with Gasteiger partial charge >= 0.3 is 12.0 Å². The maximum Gasteiger partial charge on any atom is 0.326 e. The SMILES string of the molecule is Cc1ccccc1NC(=O)Nc1ccc(CC(=O)N(C)[C@@H](CC(C)C)C(=O)NCC[C@H](NC(=O)[C@@H]2C[C@@H](N)CN2S(=O)(=O)c2ccccc2)C(=O)O)cc1. The lowest BCUT2D eigenvalue weighted by atomic mass is 10.0. The van der Waals surface area contributed by atoms with Crippen LogP contribution in [0, 0.1) is 12.8 Å². The van der Waals surface area contributed by atoms with Crippen LogP contribution in [-0.2, 0) is 35.6 Å². The van der Waals surface area contributed by atoms with Gasteiger partial charge in [-0.25, -0.2) is 18.0 Å². The number of likely N-dealkylation sites (N-methyl/N-ethyl adjacent to an activating group) is 1. The number of carbonyl (C=O) groups is 5. The van der Waals surface area contributed by atoms with Crippen LogP contribution >= 0.6 is 0 Å². The fourth-order valence-electron chi connectivity index (χ4n) is 6.12. The van der Waals surface area contributed by atoms with Crippen LogP contribution in [0.25, 0.3) is 0 Å². The van der Waals surface area contributed by atoms with Crippen LogP contribution in [0.4, 0.5) is 16.2 Å². The summed E-state index contributed by atoms with van der Waals surface area (Å²) in [5, 5.41) is 20.6. The smallest absolute Gasteiger partial charge is 0.326 e. The normalized spacial score (nSPS) is 16.9. The second kappa shape index (κ2) is 18.6. The minimum absolute atomic E-state index is 0.00486. The number of hydrogen-bond acceptors (Lipinski definition) is 8. The van der Waals surface area contributed by atoms with E-state index in [9.17, 15) is 37.5 Å². The molecule has 1 aliphatic heterocycles. The Morgan fingerprint density at radius 3 is 2.22 bits per heavy atom. The third-order valence-electron chi connectivity index (χ3n) is 9.11. The van der Waals surface area contributed by atoms with Crippen LogP contribution in [0.3, 0.4) is 0 Å². The topological polar surface area (TPSA) is 220 Å². The van der Waals surface area contributed by atoms with E-state index in [1.165, 1.54) is 24.1 Å². The summed E-state index contributed by atoms with van der Waals surface area (Å²) in [6.45, 7) is 5.45. The molecular formula is C38H49N7O8S. The number of nitrogens with zero attached hydrogens (tertiary/aromatic N) is 2. The highest BCUT2D eigenvalue weighted by Gasteiger charge is 2.43. The molecule has 3 aromatic rings. The molecule has 1 saturated heterocycles. The van der Waals surface area contributed by atoms with Gasteiger partial charge in [0.15, 0.2) is 0 Å². The Morgan fingerprint density at radius 1 is 0.944 bits per heavy atom. The van der Waals surface area contributed by atoms with Gasteiger partial charge in [0.2, 0.25) is 27.7 Å². The van der Waals surface area contributed by atoms with Crippen molar-refractivity contribution in [1.82, 2.24) is 19.8 Å². The summed E-state index contributed by atoms with van der Waals surface area (Å²) < 4.78 is 27.6. The highest BCUT2D eigenvalue weighted by Crippen LogP contribution is 2.26. The second-order valence-electron chi connectivity index (χ2n) is 13.8. The molecule has 1 aliphatic rings. The Kier molecular flexibility index (Phi) is 14.3. The lowest BCUT2D eigenvalue weighted by molar-refractivity contribution is -0.142. The molecule has 54 heavy (non-hydrogen) atoms. The number of anilines is 2. The predicted octanol–water partition coefficient (Wildman–Crippen LogP) is 2.92. The number of benzene rings is 3. The van der Waals surface area contributed by atoms with Gasteiger partial charge < -0.3 is 37.0 Å². The van der Waals surface area contributed by atoms with Gasteiger partial charge in [0.1, 0.15) is 18.1 Å². The van der Waals surface area contributed by atoms with Gasteiger partial charge in [0.25, 0.3) is 0 Å². The van der Waals surface area contributed by atoms with Crippen molar-refractivity contribution in [3.8, 4) is 0 Å². The van der Waals surface area contributed by atoms with Crippen LogP contribution in [0.2, 0.25) is 0 Å². The zero-order chi connectivity index (χ0) is 39.6. The van der Waals surface area contributed by atoms with Crippen LogP contribution in [0.1, 0.15) is 44.2 Å². The molecular weight excluding hydrogens is 715 g/mol. The number of urea groups is 1. The number of carbonyl (C=O) groups excluding carboxylic acids is 4. The number of carboxylic acid groups (broad SMARTS) is 1. The van der Waals surface area contributed by atoms with E-state index in [-0.39, 0.29) is 49.1 Å². The molecule has 5 amide bonds. The number of hydrogen-bond donors (Lipinski definition) is 6. The molecule has 290 valence electrons. The van der Waals surface area contributed by atoms with Crippen molar-refractivity contribution in [3.63, 3.8) is 0 Å². The number of para-hydroxylation sites is 1. The van der Waals surface area contributed by atoms with E-state index in [2.05, 4.69) is 21.3 Å². The number of nitrogens with one attached hydrogen (secondary N) is 4. The Labute approximate surface area is 315 Å². The molecule has 0 unspecified atom stereocenters.